The standard InChI is InChI=1S/C19H21N3O5/c1-21(15-5-6-16(25)20-18(15)26)19(27)17-13(11-24)3-2-4-14(17)22-9-12(10-22)7-8-23/h2-4,8,11-12,15H,5-7,9-10H2,1H3,(H,20,25,26). The number of carbonyl (C=O) groups excluding carboxylic acids is 5. The van der Waals surface area contributed by atoms with Crippen molar-refractivity contribution in [2.24, 2.45) is 5.92 Å². The maximum Gasteiger partial charge on any atom is 0.257 e. The molecule has 0 radical (unpaired) electrons. The highest BCUT2D eigenvalue weighted by Gasteiger charge is 2.36. The van der Waals surface area contributed by atoms with E-state index in [-0.39, 0.29) is 35.8 Å². The van der Waals surface area contributed by atoms with E-state index in [2.05, 4.69) is 5.32 Å². The van der Waals surface area contributed by atoms with Gasteiger partial charge in [-0.2, -0.15) is 0 Å². The van der Waals surface area contributed by atoms with Gasteiger partial charge in [-0.05, 0) is 12.5 Å². The number of anilines is 1. The molecule has 1 aromatic carbocycles. The molecule has 1 atom stereocenters. The second kappa shape index (κ2) is 7.69. The van der Waals surface area contributed by atoms with Crippen LogP contribution in [-0.2, 0) is 14.4 Å². The average Bonchev–Trinajstić information content (AvgIpc) is 2.62. The summed E-state index contributed by atoms with van der Waals surface area (Å²) in [5.41, 5.74) is 1.10. The molecule has 0 saturated carbocycles. The Morgan fingerprint density at radius 2 is 2.04 bits per heavy atom. The third-order valence-electron chi connectivity index (χ3n) is 5.14. The summed E-state index contributed by atoms with van der Waals surface area (Å²) >= 11 is 0. The first-order valence-electron chi connectivity index (χ1n) is 8.84. The van der Waals surface area contributed by atoms with E-state index in [4.69, 9.17) is 0 Å². The summed E-state index contributed by atoms with van der Waals surface area (Å²) in [7, 11) is 1.50. The molecule has 1 N–H and O–H groups in total. The van der Waals surface area contributed by atoms with E-state index in [1.807, 2.05) is 4.90 Å². The monoisotopic (exact) mass is 371 g/mol. The van der Waals surface area contributed by atoms with Crippen LogP contribution in [0.25, 0.3) is 0 Å². The molecular formula is C19H21N3O5. The molecule has 2 fully saturated rings. The zero-order valence-electron chi connectivity index (χ0n) is 15.0. The zero-order chi connectivity index (χ0) is 19.6. The number of hydrogen-bond donors (Lipinski definition) is 1. The normalized spacial score (nSPS) is 19.9. The van der Waals surface area contributed by atoms with E-state index >= 15 is 0 Å². The molecular weight excluding hydrogens is 350 g/mol. The van der Waals surface area contributed by atoms with Gasteiger partial charge in [-0.1, -0.05) is 12.1 Å². The Morgan fingerprint density at radius 3 is 2.67 bits per heavy atom. The average molecular weight is 371 g/mol. The van der Waals surface area contributed by atoms with Crippen molar-refractivity contribution < 1.29 is 24.0 Å². The molecule has 0 aromatic heterocycles. The van der Waals surface area contributed by atoms with Gasteiger partial charge in [0.05, 0.1) is 11.3 Å². The maximum atomic E-state index is 13.1. The third-order valence-corrected chi connectivity index (χ3v) is 5.14. The van der Waals surface area contributed by atoms with Crippen LogP contribution in [0.3, 0.4) is 0 Å². The Kier molecular flexibility index (Phi) is 5.34. The van der Waals surface area contributed by atoms with Gasteiger partial charge < -0.3 is 14.6 Å². The van der Waals surface area contributed by atoms with E-state index < -0.39 is 17.9 Å². The molecule has 8 nitrogen and oxygen atoms in total. The van der Waals surface area contributed by atoms with Gasteiger partial charge in [0.15, 0.2) is 6.29 Å². The van der Waals surface area contributed by atoms with E-state index in [0.29, 0.717) is 31.5 Å². The number of carbonyl (C=O) groups is 5. The molecule has 0 aliphatic carbocycles. The highest BCUT2D eigenvalue weighted by Crippen LogP contribution is 2.32. The summed E-state index contributed by atoms with van der Waals surface area (Å²) in [5, 5.41) is 2.24. The van der Waals surface area contributed by atoms with Crippen LogP contribution < -0.4 is 10.2 Å². The Labute approximate surface area is 156 Å². The van der Waals surface area contributed by atoms with Crippen LogP contribution in [0.5, 0.6) is 0 Å². The van der Waals surface area contributed by atoms with Crippen LogP contribution >= 0.6 is 0 Å². The summed E-state index contributed by atoms with van der Waals surface area (Å²) < 4.78 is 0. The lowest BCUT2D eigenvalue weighted by Gasteiger charge is -2.42. The number of piperidine rings is 1. The fourth-order valence-electron chi connectivity index (χ4n) is 3.57. The quantitative estimate of drug-likeness (QED) is 0.573. The first kappa shape index (κ1) is 18.8. The lowest BCUT2D eigenvalue weighted by atomic mass is 9.93. The van der Waals surface area contributed by atoms with Gasteiger partial charge in [-0.25, -0.2) is 0 Å². The van der Waals surface area contributed by atoms with Gasteiger partial charge in [0.25, 0.3) is 5.91 Å². The predicted molar refractivity (Wildman–Crippen MR) is 96.5 cm³/mol. The second-order valence-electron chi connectivity index (χ2n) is 6.92. The molecule has 3 rings (SSSR count). The summed E-state index contributed by atoms with van der Waals surface area (Å²) in [6, 6.07) is 4.26. The number of nitrogens with one attached hydrogen (secondary N) is 1. The number of imide groups is 1. The fourth-order valence-corrected chi connectivity index (χ4v) is 3.57. The number of benzene rings is 1. The van der Waals surface area contributed by atoms with E-state index in [1.165, 1.54) is 11.9 Å². The van der Waals surface area contributed by atoms with Crippen molar-refractivity contribution in [3.8, 4) is 0 Å². The van der Waals surface area contributed by atoms with Crippen LogP contribution in [0.15, 0.2) is 18.2 Å². The maximum absolute atomic E-state index is 13.1. The number of hydrogen-bond acceptors (Lipinski definition) is 6. The van der Waals surface area contributed by atoms with Crippen LogP contribution in [0.1, 0.15) is 40.0 Å². The van der Waals surface area contributed by atoms with Gasteiger partial charge in [-0.3, -0.25) is 24.5 Å². The molecule has 2 saturated heterocycles. The molecule has 0 bridgehead atoms. The van der Waals surface area contributed by atoms with Crippen molar-refractivity contribution in [2.45, 2.75) is 25.3 Å². The van der Waals surface area contributed by atoms with Crippen LogP contribution in [0.4, 0.5) is 5.69 Å². The Bertz CT molecular complexity index is 801. The lowest BCUT2D eigenvalue weighted by molar-refractivity contribution is -0.136. The van der Waals surface area contributed by atoms with Gasteiger partial charge in [0.2, 0.25) is 11.8 Å². The van der Waals surface area contributed by atoms with Crippen LogP contribution in [0, 0.1) is 5.92 Å². The van der Waals surface area contributed by atoms with E-state index in [1.54, 1.807) is 18.2 Å². The van der Waals surface area contributed by atoms with Crippen LogP contribution in [-0.4, -0.2) is 61.4 Å². The SMILES string of the molecule is CN(C(=O)c1c(C=O)cccc1N1CC(CC=O)C1)C1CCC(=O)NC1=O. The molecule has 3 amide bonds. The van der Waals surface area contributed by atoms with Crippen molar-refractivity contribution in [1.29, 1.82) is 0 Å². The molecule has 142 valence electrons. The first-order valence-corrected chi connectivity index (χ1v) is 8.84. The topological polar surface area (TPSA) is 104 Å². The third kappa shape index (κ3) is 3.60. The Hall–Kier alpha value is -3.03. The summed E-state index contributed by atoms with van der Waals surface area (Å²) in [5.74, 6) is -1.07. The first-order chi connectivity index (χ1) is 13.0. The van der Waals surface area contributed by atoms with Gasteiger partial charge in [0, 0.05) is 44.5 Å². The van der Waals surface area contributed by atoms with Gasteiger partial charge in [0.1, 0.15) is 12.3 Å². The van der Waals surface area contributed by atoms with Crippen molar-refractivity contribution in [1.82, 2.24) is 10.2 Å². The largest absolute Gasteiger partial charge is 0.370 e. The number of aldehydes is 2. The summed E-state index contributed by atoms with van der Waals surface area (Å²) in [6.45, 7) is 1.26. The molecule has 2 aliphatic heterocycles. The summed E-state index contributed by atoms with van der Waals surface area (Å²) in [6.07, 6.45) is 2.38. The van der Waals surface area contributed by atoms with Gasteiger partial charge in [-0.15, -0.1) is 0 Å². The lowest BCUT2D eigenvalue weighted by Crippen LogP contribution is -2.53. The smallest absolute Gasteiger partial charge is 0.257 e. The molecule has 0 spiro atoms. The number of likely N-dealkylation sites (N-methyl/N-ethyl adjacent to an activating group) is 1. The minimum Gasteiger partial charge on any atom is -0.370 e. The zero-order valence-corrected chi connectivity index (χ0v) is 15.0. The van der Waals surface area contributed by atoms with Crippen molar-refractivity contribution in [2.75, 3.05) is 25.0 Å². The number of rotatable bonds is 6. The minimum absolute atomic E-state index is 0.162. The Morgan fingerprint density at radius 1 is 1.30 bits per heavy atom. The molecule has 8 heteroatoms. The minimum atomic E-state index is -0.762. The molecule has 1 unspecified atom stereocenters. The van der Waals surface area contributed by atoms with Crippen LogP contribution in [0.2, 0.25) is 0 Å². The van der Waals surface area contributed by atoms with E-state index in [0.717, 1.165) is 6.29 Å². The number of amides is 3. The molecule has 2 aliphatic rings. The second-order valence-corrected chi connectivity index (χ2v) is 6.92. The van der Waals surface area contributed by atoms with Crippen molar-refractivity contribution in [3.63, 3.8) is 0 Å². The molecule has 2 heterocycles. The predicted octanol–water partition coefficient (Wildman–Crippen LogP) is 0.402. The van der Waals surface area contributed by atoms with Crippen molar-refractivity contribution >= 4 is 36.0 Å². The summed E-state index contributed by atoms with van der Waals surface area (Å²) in [4.78, 5) is 62.0. The highest BCUT2D eigenvalue weighted by molar-refractivity contribution is 6.09. The molecule has 27 heavy (non-hydrogen) atoms. The Balaban J connectivity index is 1.87. The fraction of sp³-hybridized carbons (Fsp3) is 0.421. The van der Waals surface area contributed by atoms with E-state index in [9.17, 15) is 24.0 Å². The number of nitrogens with zero attached hydrogens (tertiary/aromatic N) is 2. The highest BCUT2D eigenvalue weighted by atomic mass is 16.2. The molecule has 1 aromatic rings. The van der Waals surface area contributed by atoms with Gasteiger partial charge >= 0.3 is 0 Å². The van der Waals surface area contributed by atoms with Crippen molar-refractivity contribution in [3.05, 3.63) is 29.3 Å².